The van der Waals surface area contributed by atoms with Crippen molar-refractivity contribution in [2.75, 3.05) is 4.81 Å². The van der Waals surface area contributed by atoms with Crippen molar-refractivity contribution >= 4 is 104 Å². The molecule has 11 aromatic rings. The van der Waals surface area contributed by atoms with Crippen LogP contribution in [-0.2, 0) is 10.8 Å². The average Bonchev–Trinajstić information content (AvgIpc) is 3.93. The maximum Gasteiger partial charge on any atom is 0.333 e. The topological polar surface area (TPSA) is 21.3 Å². The predicted molar refractivity (Wildman–Crippen MR) is 263 cm³/mol. The summed E-state index contributed by atoms with van der Waals surface area (Å²) in [7, 11) is 0. The van der Waals surface area contributed by atoms with Crippen molar-refractivity contribution in [2.45, 2.75) is 52.4 Å². The van der Waals surface area contributed by atoms with Gasteiger partial charge in [-0.1, -0.05) is 133 Å². The molecule has 0 unspecified atom stereocenters. The molecule has 0 spiro atoms. The first-order valence-electron chi connectivity index (χ1n) is 21.5. The van der Waals surface area contributed by atoms with E-state index >= 15 is 0 Å². The van der Waals surface area contributed by atoms with Gasteiger partial charge in [0, 0.05) is 69.9 Å². The van der Waals surface area contributed by atoms with E-state index < -0.39 is 0 Å². The number of hydrogen-bond acceptors (Lipinski definition) is 3. The molecular weight excluding hydrogens is 760 g/mol. The summed E-state index contributed by atoms with van der Waals surface area (Å²) in [5.74, 6) is 0. The summed E-state index contributed by atoms with van der Waals surface area (Å²) >= 11 is 1.93. The van der Waals surface area contributed by atoms with E-state index in [1.165, 1.54) is 103 Å². The summed E-state index contributed by atoms with van der Waals surface area (Å²) < 4.78 is 12.0. The molecule has 0 amide bonds. The highest BCUT2D eigenvalue weighted by molar-refractivity contribution is 7.26. The van der Waals surface area contributed by atoms with E-state index in [0.717, 1.165) is 21.9 Å². The van der Waals surface area contributed by atoms with Gasteiger partial charge in [-0.25, -0.2) is 0 Å². The van der Waals surface area contributed by atoms with Gasteiger partial charge in [0.15, 0.2) is 0 Å². The fourth-order valence-corrected chi connectivity index (χ4v) is 11.8. The van der Waals surface area contributed by atoms with Crippen LogP contribution in [-0.4, -0.2) is 11.4 Å². The van der Waals surface area contributed by atoms with Crippen LogP contribution in [0.1, 0.15) is 52.7 Å². The third-order valence-electron chi connectivity index (χ3n) is 13.7. The van der Waals surface area contributed by atoms with Gasteiger partial charge in [0.05, 0.1) is 11.0 Å². The molecular formula is C56H43BN2OS. The number of hydrogen-bond donors (Lipinski definition) is 0. The highest BCUT2D eigenvalue weighted by Crippen LogP contribution is 2.52. The van der Waals surface area contributed by atoms with Crippen LogP contribution in [0, 0.1) is 0 Å². The molecule has 292 valence electrons. The Balaban J connectivity index is 1.23. The average molecular weight is 803 g/mol. The van der Waals surface area contributed by atoms with Crippen LogP contribution in [0.25, 0.3) is 91.9 Å². The zero-order chi connectivity index (χ0) is 41.1. The molecule has 0 radical (unpaired) electrons. The van der Waals surface area contributed by atoms with Crippen molar-refractivity contribution < 1.29 is 4.42 Å². The molecule has 0 aliphatic carbocycles. The lowest BCUT2D eigenvalue weighted by Crippen LogP contribution is -2.60. The van der Waals surface area contributed by atoms with Gasteiger partial charge < -0.3 is 13.8 Å². The van der Waals surface area contributed by atoms with Gasteiger partial charge in [-0.3, -0.25) is 0 Å². The maximum absolute atomic E-state index is 6.73. The summed E-state index contributed by atoms with van der Waals surface area (Å²) in [6.07, 6.45) is 0. The lowest BCUT2D eigenvalue weighted by atomic mass is 9.43. The Labute approximate surface area is 359 Å². The number of rotatable bonds is 2. The Morgan fingerprint density at radius 2 is 1.21 bits per heavy atom. The number of aromatic nitrogens is 1. The molecule has 8 aromatic carbocycles. The lowest BCUT2D eigenvalue weighted by Gasteiger charge is -2.42. The van der Waals surface area contributed by atoms with E-state index in [1.54, 1.807) is 0 Å². The third-order valence-corrected chi connectivity index (χ3v) is 14.9. The van der Waals surface area contributed by atoms with Crippen molar-refractivity contribution in [3.05, 3.63) is 163 Å². The Morgan fingerprint density at radius 1 is 0.525 bits per heavy atom. The summed E-state index contributed by atoms with van der Waals surface area (Å²) in [5.41, 5.74) is 18.3. The molecule has 3 aromatic heterocycles. The van der Waals surface area contributed by atoms with Crippen LogP contribution in [0.5, 0.6) is 0 Å². The van der Waals surface area contributed by atoms with E-state index in [2.05, 4.69) is 203 Å². The number of para-hydroxylation sites is 1. The second-order valence-corrected chi connectivity index (χ2v) is 20.4. The molecule has 0 fully saturated rings. The Hall–Kier alpha value is -6.56. The van der Waals surface area contributed by atoms with Gasteiger partial charge in [0.1, 0.15) is 11.2 Å². The van der Waals surface area contributed by atoms with Crippen LogP contribution in [0.4, 0.5) is 11.4 Å². The van der Waals surface area contributed by atoms with Crippen molar-refractivity contribution in [2.24, 2.45) is 0 Å². The number of benzene rings is 8. The molecule has 0 saturated heterocycles. The second-order valence-electron chi connectivity index (χ2n) is 19.3. The first-order valence-corrected chi connectivity index (χ1v) is 22.3. The third kappa shape index (κ3) is 4.87. The molecule has 5 heterocycles. The van der Waals surface area contributed by atoms with Gasteiger partial charge in [-0.15, -0.1) is 11.3 Å². The van der Waals surface area contributed by atoms with Crippen molar-refractivity contribution in [3.63, 3.8) is 0 Å². The molecule has 2 aliphatic rings. The maximum atomic E-state index is 6.73. The number of fused-ring (bicyclic) bond motifs is 14. The number of nitrogens with zero attached hydrogens (tertiary/aromatic N) is 2. The van der Waals surface area contributed by atoms with Crippen LogP contribution in [0.3, 0.4) is 0 Å². The molecule has 13 rings (SSSR count). The second kappa shape index (κ2) is 12.1. The monoisotopic (exact) mass is 802 g/mol. The largest absolute Gasteiger partial charge is 0.456 e. The van der Waals surface area contributed by atoms with Crippen molar-refractivity contribution in [1.82, 2.24) is 4.57 Å². The SMILES string of the molecule is CC(C)(C)c1ccc2c(c1)c1cc(C(C)(C)C)cc3c1n2-c1cc2c(sc4ccccc42)c2c1B3N(c1ccc(-c3ccccc3)cc1)c1cc3c(cc1-2)oc1ccccc13. The lowest BCUT2D eigenvalue weighted by molar-refractivity contribution is 0.590. The van der Waals surface area contributed by atoms with E-state index in [0.29, 0.717) is 0 Å². The zero-order valence-electron chi connectivity index (χ0n) is 35.2. The summed E-state index contributed by atoms with van der Waals surface area (Å²) in [5, 5.41) is 7.54. The van der Waals surface area contributed by atoms with E-state index in [4.69, 9.17) is 4.42 Å². The molecule has 0 saturated carbocycles. The van der Waals surface area contributed by atoms with E-state index in [-0.39, 0.29) is 17.7 Å². The zero-order valence-corrected chi connectivity index (χ0v) is 36.0. The highest BCUT2D eigenvalue weighted by Gasteiger charge is 2.46. The van der Waals surface area contributed by atoms with Crippen LogP contribution in [0.2, 0.25) is 0 Å². The van der Waals surface area contributed by atoms with Crippen molar-refractivity contribution in [3.8, 4) is 27.9 Å². The molecule has 5 heteroatoms. The number of thiophene rings is 1. The minimum absolute atomic E-state index is 0.0109. The van der Waals surface area contributed by atoms with Gasteiger partial charge >= 0.3 is 6.85 Å². The van der Waals surface area contributed by atoms with E-state index in [9.17, 15) is 0 Å². The van der Waals surface area contributed by atoms with Gasteiger partial charge in [-0.05, 0) is 105 Å². The standard InChI is InChI=1S/C56H43BN2OS/c1-55(2,3)34-22-25-45-39(26-34)41-27-35(56(4,5)6)28-44-53(41)58(45)47-30-42-38-17-11-13-19-50(38)61-54(42)51-43-31-49-40(37-16-10-12-18-48(37)60-49)29-46(43)59(57(44)52(47)51)36-23-20-33(21-24-36)32-14-8-7-9-15-32/h7-31H,1-6H3. The quantitative estimate of drug-likeness (QED) is 0.162. The van der Waals surface area contributed by atoms with Crippen LogP contribution in [0.15, 0.2) is 156 Å². The van der Waals surface area contributed by atoms with Crippen LogP contribution < -0.4 is 15.7 Å². The van der Waals surface area contributed by atoms with E-state index in [1.807, 2.05) is 11.3 Å². The van der Waals surface area contributed by atoms with Gasteiger partial charge in [-0.2, -0.15) is 0 Å². The smallest absolute Gasteiger partial charge is 0.333 e. The van der Waals surface area contributed by atoms with Gasteiger partial charge in [0.2, 0.25) is 0 Å². The minimum Gasteiger partial charge on any atom is -0.456 e. The Morgan fingerprint density at radius 3 is 2.00 bits per heavy atom. The first kappa shape index (κ1) is 35.2. The predicted octanol–water partition coefficient (Wildman–Crippen LogP) is 14.6. The minimum atomic E-state index is -0.103. The molecule has 0 bridgehead atoms. The number of furan rings is 1. The normalized spacial score (nSPS) is 13.7. The fraction of sp³-hybridized carbons (Fsp3) is 0.143. The summed E-state index contributed by atoms with van der Waals surface area (Å²) in [6, 6.07) is 57.1. The Bertz CT molecular complexity index is 3670. The first-order chi connectivity index (χ1) is 29.5. The van der Waals surface area contributed by atoms with Crippen molar-refractivity contribution in [1.29, 1.82) is 0 Å². The fourth-order valence-electron chi connectivity index (χ4n) is 10.6. The Kier molecular flexibility index (Phi) is 6.96. The molecule has 0 N–H and O–H groups in total. The highest BCUT2D eigenvalue weighted by atomic mass is 32.1. The molecule has 0 atom stereocenters. The number of anilines is 2. The summed E-state index contributed by atoms with van der Waals surface area (Å²) in [4.78, 5) is 2.67. The van der Waals surface area contributed by atoms with Gasteiger partial charge in [0.25, 0.3) is 0 Å². The summed E-state index contributed by atoms with van der Waals surface area (Å²) in [6.45, 7) is 14.0. The molecule has 61 heavy (non-hydrogen) atoms. The van der Waals surface area contributed by atoms with Crippen LogP contribution >= 0.6 is 11.3 Å². The molecule has 3 nitrogen and oxygen atoms in total. The molecule has 2 aliphatic heterocycles.